The molecule has 1 aromatic rings. The monoisotopic (exact) mass is 313 g/mol. The first-order chi connectivity index (χ1) is 10.0. The van der Waals surface area contributed by atoms with Crippen LogP contribution < -0.4 is 0 Å². The number of hydrogen-bond donors (Lipinski definition) is 1. The smallest absolute Gasteiger partial charge is 0.246 e. The number of nitrogens with zero attached hydrogens (tertiary/aromatic N) is 1. The highest BCUT2D eigenvalue weighted by Gasteiger charge is 2.41. The molecule has 5 nitrogen and oxygen atoms in total. The van der Waals surface area contributed by atoms with Crippen molar-refractivity contribution in [3.63, 3.8) is 0 Å². The van der Waals surface area contributed by atoms with Crippen LogP contribution in [0.4, 0.5) is 0 Å². The molecule has 0 aromatic carbocycles. The third kappa shape index (κ3) is 2.64. The number of aliphatic hydroxyl groups is 1. The van der Waals surface area contributed by atoms with Gasteiger partial charge in [-0.25, -0.2) is 8.42 Å². The summed E-state index contributed by atoms with van der Waals surface area (Å²) in [4.78, 5) is 0.220. The predicted molar refractivity (Wildman–Crippen MR) is 78.2 cm³/mol. The first kappa shape index (κ1) is 15.1. The fourth-order valence-electron chi connectivity index (χ4n) is 3.86. The van der Waals surface area contributed by atoms with Crippen molar-refractivity contribution < 1.29 is 17.9 Å². The van der Waals surface area contributed by atoms with Gasteiger partial charge in [0.05, 0.1) is 0 Å². The van der Waals surface area contributed by atoms with Crippen LogP contribution in [-0.4, -0.2) is 30.4 Å². The van der Waals surface area contributed by atoms with E-state index in [0.717, 1.165) is 32.1 Å². The van der Waals surface area contributed by atoms with Gasteiger partial charge in [0, 0.05) is 18.7 Å². The summed E-state index contributed by atoms with van der Waals surface area (Å²) in [5, 5.41) is 9.14. The minimum atomic E-state index is -3.52. The average Bonchev–Trinajstić information content (AvgIpc) is 2.88. The third-order valence-electron chi connectivity index (χ3n) is 4.86. The number of fused-ring (bicyclic) bond motifs is 1. The van der Waals surface area contributed by atoms with E-state index in [1.165, 1.54) is 12.5 Å². The summed E-state index contributed by atoms with van der Waals surface area (Å²) in [7, 11) is -3.52. The molecular weight excluding hydrogens is 290 g/mol. The number of furan rings is 1. The zero-order valence-corrected chi connectivity index (χ0v) is 13.2. The first-order valence-corrected chi connectivity index (χ1v) is 9.20. The summed E-state index contributed by atoms with van der Waals surface area (Å²) in [6.07, 6.45) is 6.51. The van der Waals surface area contributed by atoms with Gasteiger partial charge >= 0.3 is 0 Å². The van der Waals surface area contributed by atoms with Crippen molar-refractivity contribution in [2.24, 2.45) is 5.92 Å². The van der Waals surface area contributed by atoms with Gasteiger partial charge in [-0.2, -0.15) is 4.31 Å². The molecule has 0 amide bonds. The Morgan fingerprint density at radius 2 is 2.00 bits per heavy atom. The Kier molecular flexibility index (Phi) is 4.12. The summed E-state index contributed by atoms with van der Waals surface area (Å²) in [5.74, 6) is 1.19. The van der Waals surface area contributed by atoms with Crippen molar-refractivity contribution >= 4 is 10.0 Å². The molecular formula is C15H23NO4S. The molecule has 0 radical (unpaired) electrons. The third-order valence-corrected chi connectivity index (χ3v) is 6.89. The van der Waals surface area contributed by atoms with E-state index in [2.05, 4.69) is 0 Å². The predicted octanol–water partition coefficient (Wildman–Crippen LogP) is 2.42. The molecule has 3 rings (SSSR count). The zero-order valence-electron chi connectivity index (χ0n) is 12.4. The molecule has 2 aliphatic rings. The van der Waals surface area contributed by atoms with Gasteiger partial charge in [-0.15, -0.1) is 0 Å². The quantitative estimate of drug-likeness (QED) is 0.930. The summed E-state index contributed by atoms with van der Waals surface area (Å²) in [5.41, 5.74) is 0. The van der Waals surface area contributed by atoms with E-state index in [4.69, 9.17) is 9.52 Å². The molecule has 0 bridgehead atoms. The van der Waals surface area contributed by atoms with E-state index in [-0.39, 0.29) is 17.5 Å². The minimum Gasteiger partial charge on any atom is -0.462 e. The van der Waals surface area contributed by atoms with Gasteiger partial charge < -0.3 is 9.52 Å². The van der Waals surface area contributed by atoms with E-state index in [0.29, 0.717) is 24.0 Å². The van der Waals surface area contributed by atoms with Gasteiger partial charge in [0.25, 0.3) is 0 Å². The number of rotatable bonds is 3. The van der Waals surface area contributed by atoms with E-state index in [1.54, 1.807) is 11.2 Å². The van der Waals surface area contributed by atoms with Crippen LogP contribution >= 0.6 is 0 Å². The Hall–Kier alpha value is -0.850. The molecule has 1 aromatic heterocycles. The van der Waals surface area contributed by atoms with Crippen molar-refractivity contribution in [3.05, 3.63) is 17.6 Å². The zero-order chi connectivity index (χ0) is 15.0. The summed E-state index contributed by atoms with van der Waals surface area (Å²) in [6, 6.07) is 1.61. The molecule has 1 saturated heterocycles. The van der Waals surface area contributed by atoms with Gasteiger partial charge in [-0.05, 0) is 38.5 Å². The van der Waals surface area contributed by atoms with Crippen LogP contribution in [0.1, 0.15) is 50.0 Å². The lowest BCUT2D eigenvalue weighted by Gasteiger charge is -2.43. The summed E-state index contributed by atoms with van der Waals surface area (Å²) >= 11 is 0. The molecule has 1 saturated carbocycles. The highest BCUT2D eigenvalue weighted by Crippen LogP contribution is 2.38. The lowest BCUT2D eigenvalue weighted by atomic mass is 9.79. The van der Waals surface area contributed by atoms with Crippen molar-refractivity contribution in [1.29, 1.82) is 0 Å². The maximum atomic E-state index is 13.0. The number of aliphatic hydroxyl groups excluding tert-OH is 1. The molecule has 1 aliphatic heterocycles. The van der Waals surface area contributed by atoms with Crippen LogP contribution in [0.25, 0.3) is 0 Å². The minimum absolute atomic E-state index is 0.143. The molecule has 0 spiro atoms. The molecule has 2 atom stereocenters. The van der Waals surface area contributed by atoms with Gasteiger partial charge in [-0.1, -0.05) is 12.8 Å². The first-order valence-electron chi connectivity index (χ1n) is 7.76. The SMILES string of the molecule is Cc1oc(CO)cc1S(=O)(=O)N1CCCC2CCCCC21. The van der Waals surface area contributed by atoms with Crippen LogP contribution in [0.15, 0.2) is 15.4 Å². The second-order valence-electron chi connectivity index (χ2n) is 6.16. The Bertz CT molecular complexity index is 605. The fourth-order valence-corrected chi connectivity index (χ4v) is 5.80. The standard InChI is InChI=1S/C15H23NO4S/c1-11-15(9-13(10-17)20-11)21(18,19)16-8-4-6-12-5-2-3-7-14(12)16/h9,12,14,17H,2-8,10H2,1H3. The van der Waals surface area contributed by atoms with Crippen LogP contribution in [-0.2, 0) is 16.6 Å². The molecule has 2 heterocycles. The van der Waals surface area contributed by atoms with E-state index in [9.17, 15) is 8.42 Å². The number of piperidine rings is 1. The number of hydrogen-bond acceptors (Lipinski definition) is 4. The second kappa shape index (κ2) is 5.74. The van der Waals surface area contributed by atoms with Gasteiger partial charge in [-0.3, -0.25) is 0 Å². The Morgan fingerprint density at radius 3 is 2.71 bits per heavy atom. The highest BCUT2D eigenvalue weighted by atomic mass is 32.2. The molecule has 2 fully saturated rings. The van der Waals surface area contributed by atoms with Crippen LogP contribution in [0.2, 0.25) is 0 Å². The van der Waals surface area contributed by atoms with Gasteiger partial charge in [0.2, 0.25) is 10.0 Å². The molecule has 21 heavy (non-hydrogen) atoms. The second-order valence-corrected chi connectivity index (χ2v) is 8.02. The van der Waals surface area contributed by atoms with E-state index < -0.39 is 10.0 Å². The molecule has 118 valence electrons. The number of sulfonamides is 1. The van der Waals surface area contributed by atoms with Crippen LogP contribution in [0.5, 0.6) is 0 Å². The number of aryl methyl sites for hydroxylation is 1. The van der Waals surface area contributed by atoms with Crippen molar-refractivity contribution in [1.82, 2.24) is 4.31 Å². The Balaban J connectivity index is 1.94. The largest absolute Gasteiger partial charge is 0.462 e. The topological polar surface area (TPSA) is 70.8 Å². The average molecular weight is 313 g/mol. The lowest BCUT2D eigenvalue weighted by molar-refractivity contribution is 0.129. The van der Waals surface area contributed by atoms with Gasteiger partial charge in [0.15, 0.2) is 0 Å². The maximum absolute atomic E-state index is 13.0. The maximum Gasteiger partial charge on any atom is 0.246 e. The van der Waals surface area contributed by atoms with Crippen molar-refractivity contribution in [2.45, 2.75) is 63.0 Å². The molecule has 1 N–H and O–H groups in total. The molecule has 2 unspecified atom stereocenters. The van der Waals surface area contributed by atoms with E-state index >= 15 is 0 Å². The van der Waals surface area contributed by atoms with Crippen molar-refractivity contribution in [3.8, 4) is 0 Å². The van der Waals surface area contributed by atoms with E-state index in [1.807, 2.05) is 0 Å². The van der Waals surface area contributed by atoms with Crippen LogP contribution in [0.3, 0.4) is 0 Å². The van der Waals surface area contributed by atoms with Crippen LogP contribution in [0, 0.1) is 12.8 Å². The normalized spacial score (nSPS) is 27.5. The fraction of sp³-hybridized carbons (Fsp3) is 0.733. The Morgan fingerprint density at radius 1 is 1.29 bits per heavy atom. The van der Waals surface area contributed by atoms with Crippen molar-refractivity contribution in [2.75, 3.05) is 6.54 Å². The Labute approximate surface area is 126 Å². The molecule has 1 aliphatic carbocycles. The van der Waals surface area contributed by atoms with Gasteiger partial charge in [0.1, 0.15) is 23.0 Å². The molecule has 6 heteroatoms. The highest BCUT2D eigenvalue weighted by molar-refractivity contribution is 7.89. The summed E-state index contributed by atoms with van der Waals surface area (Å²) in [6.45, 7) is 1.97. The summed E-state index contributed by atoms with van der Waals surface area (Å²) < 4.78 is 33.0. The lowest BCUT2D eigenvalue weighted by Crippen LogP contribution is -2.49.